The minimum absolute atomic E-state index is 0.293. The van der Waals surface area contributed by atoms with Crippen LogP contribution in [0.1, 0.15) is 16.6 Å². The van der Waals surface area contributed by atoms with E-state index in [0.29, 0.717) is 30.3 Å². The molecule has 1 saturated heterocycles. The Labute approximate surface area is 125 Å². The molecular weight excluding hydrogens is 300 g/mol. The fourth-order valence-corrected chi connectivity index (χ4v) is 4.20. The van der Waals surface area contributed by atoms with Gasteiger partial charge in [0.05, 0.1) is 29.4 Å². The van der Waals surface area contributed by atoms with Gasteiger partial charge in [-0.3, -0.25) is 0 Å². The van der Waals surface area contributed by atoms with E-state index in [0.717, 1.165) is 9.90 Å². The molecule has 0 bridgehead atoms. The number of β-amino-alcohol motifs (C(OH)–C–C–N with tert-alkyl or cyclic N) is 2. The molecule has 1 aromatic rings. The summed E-state index contributed by atoms with van der Waals surface area (Å²) in [6.45, 7) is 2.69. The van der Waals surface area contributed by atoms with E-state index in [4.69, 9.17) is 10.5 Å². The molecule has 4 N–H and O–H groups in total. The standard InChI is InChI=1S/C12H18N2O4S2/c1-3-18-12(17)10-8(13)9(19-2)11(20-10)14-4-6(15)7(16)5-14/h6-7,15-16H,3-5,13H2,1-2H3. The molecule has 0 aromatic carbocycles. The molecule has 1 fully saturated rings. The maximum Gasteiger partial charge on any atom is 0.350 e. The van der Waals surface area contributed by atoms with Gasteiger partial charge in [0.1, 0.15) is 9.88 Å². The summed E-state index contributed by atoms with van der Waals surface area (Å²) >= 11 is 2.68. The lowest BCUT2D eigenvalue weighted by atomic mass is 10.3. The maximum absolute atomic E-state index is 11.9. The predicted molar refractivity (Wildman–Crippen MR) is 80.7 cm³/mol. The second-order valence-electron chi connectivity index (χ2n) is 4.44. The lowest BCUT2D eigenvalue weighted by Crippen LogP contribution is -2.22. The van der Waals surface area contributed by atoms with Gasteiger partial charge in [-0.1, -0.05) is 0 Å². The zero-order valence-corrected chi connectivity index (χ0v) is 13.0. The van der Waals surface area contributed by atoms with Crippen molar-refractivity contribution in [3.05, 3.63) is 4.88 Å². The van der Waals surface area contributed by atoms with Crippen LogP contribution in [0.4, 0.5) is 10.7 Å². The molecule has 8 heteroatoms. The Morgan fingerprint density at radius 2 is 2.10 bits per heavy atom. The van der Waals surface area contributed by atoms with Gasteiger partial charge in [0.2, 0.25) is 0 Å². The van der Waals surface area contributed by atoms with Crippen LogP contribution in [0.3, 0.4) is 0 Å². The molecule has 0 saturated carbocycles. The average molecular weight is 318 g/mol. The van der Waals surface area contributed by atoms with E-state index in [1.165, 1.54) is 23.1 Å². The first kappa shape index (κ1) is 15.4. The highest BCUT2D eigenvalue weighted by Gasteiger charge is 2.33. The first-order chi connectivity index (χ1) is 9.49. The topological polar surface area (TPSA) is 96.0 Å². The largest absolute Gasteiger partial charge is 0.462 e. The monoisotopic (exact) mass is 318 g/mol. The second kappa shape index (κ2) is 6.21. The molecule has 2 heterocycles. The smallest absolute Gasteiger partial charge is 0.350 e. The first-order valence-corrected chi connectivity index (χ1v) is 8.28. The van der Waals surface area contributed by atoms with E-state index in [-0.39, 0.29) is 0 Å². The quantitative estimate of drug-likeness (QED) is 0.557. The Bertz CT molecular complexity index is 496. The van der Waals surface area contributed by atoms with Crippen molar-refractivity contribution in [2.45, 2.75) is 24.0 Å². The lowest BCUT2D eigenvalue weighted by Gasteiger charge is -2.16. The van der Waals surface area contributed by atoms with Crippen molar-refractivity contribution in [2.75, 3.05) is 36.6 Å². The van der Waals surface area contributed by atoms with Crippen molar-refractivity contribution < 1.29 is 19.7 Å². The minimum atomic E-state index is -0.779. The van der Waals surface area contributed by atoms with Gasteiger partial charge in [0.25, 0.3) is 0 Å². The average Bonchev–Trinajstić information content (AvgIpc) is 2.90. The van der Waals surface area contributed by atoms with Crippen molar-refractivity contribution in [3.8, 4) is 0 Å². The minimum Gasteiger partial charge on any atom is -0.462 e. The van der Waals surface area contributed by atoms with E-state index in [1.54, 1.807) is 6.92 Å². The lowest BCUT2D eigenvalue weighted by molar-refractivity contribution is 0.0533. The molecule has 0 aliphatic carbocycles. The molecule has 2 unspecified atom stereocenters. The number of hydrogen-bond acceptors (Lipinski definition) is 8. The van der Waals surface area contributed by atoms with Gasteiger partial charge in [0, 0.05) is 13.1 Å². The van der Waals surface area contributed by atoms with Gasteiger partial charge < -0.3 is 25.6 Å². The molecule has 0 amide bonds. The number of thiophene rings is 1. The Balaban J connectivity index is 2.34. The summed E-state index contributed by atoms with van der Waals surface area (Å²) in [4.78, 5) is 14.9. The molecule has 0 radical (unpaired) electrons. The third-order valence-electron chi connectivity index (χ3n) is 3.09. The molecule has 0 spiro atoms. The number of rotatable bonds is 4. The molecule has 20 heavy (non-hydrogen) atoms. The van der Waals surface area contributed by atoms with E-state index in [9.17, 15) is 15.0 Å². The number of carbonyl (C=O) groups is 1. The zero-order valence-electron chi connectivity index (χ0n) is 11.3. The number of nitrogen functional groups attached to an aromatic ring is 1. The molecule has 2 rings (SSSR count). The van der Waals surface area contributed by atoms with Crippen LogP contribution >= 0.6 is 23.1 Å². The van der Waals surface area contributed by atoms with Gasteiger partial charge in [0.15, 0.2) is 0 Å². The number of carbonyl (C=O) groups excluding carboxylic acids is 1. The van der Waals surface area contributed by atoms with Crippen LogP contribution in [-0.4, -0.2) is 54.3 Å². The van der Waals surface area contributed by atoms with Gasteiger partial charge in [-0.25, -0.2) is 4.79 Å². The second-order valence-corrected chi connectivity index (χ2v) is 6.26. The number of hydrogen-bond donors (Lipinski definition) is 3. The predicted octanol–water partition coefficient (Wildman–Crippen LogP) is 0.771. The number of aliphatic hydroxyl groups is 2. The molecule has 2 atom stereocenters. The summed E-state index contributed by atoms with van der Waals surface area (Å²) < 4.78 is 4.99. The number of ether oxygens (including phenoxy) is 1. The Kier molecular flexibility index (Phi) is 4.79. The summed E-state index contributed by atoms with van der Waals surface area (Å²) in [7, 11) is 0. The molecule has 1 aliphatic heterocycles. The van der Waals surface area contributed by atoms with E-state index in [2.05, 4.69) is 0 Å². The summed E-state index contributed by atoms with van der Waals surface area (Å²) in [5, 5.41) is 20.1. The molecular formula is C12H18N2O4S2. The number of anilines is 2. The number of nitrogens with zero attached hydrogens (tertiary/aromatic N) is 1. The Morgan fingerprint density at radius 1 is 1.50 bits per heavy atom. The van der Waals surface area contributed by atoms with Crippen molar-refractivity contribution in [3.63, 3.8) is 0 Å². The summed E-state index contributed by atoms with van der Waals surface area (Å²) in [5.74, 6) is -0.433. The fourth-order valence-electron chi connectivity index (χ4n) is 2.11. The molecule has 1 aromatic heterocycles. The highest BCUT2D eigenvalue weighted by molar-refractivity contribution is 7.99. The fraction of sp³-hybridized carbons (Fsp3) is 0.583. The van der Waals surface area contributed by atoms with Crippen molar-refractivity contribution in [1.82, 2.24) is 0 Å². The van der Waals surface area contributed by atoms with Crippen LogP contribution in [0.15, 0.2) is 4.90 Å². The van der Waals surface area contributed by atoms with Crippen LogP contribution in [-0.2, 0) is 4.74 Å². The summed E-state index contributed by atoms with van der Waals surface area (Å²) in [6.07, 6.45) is 0.318. The molecule has 112 valence electrons. The van der Waals surface area contributed by atoms with Crippen LogP contribution < -0.4 is 10.6 Å². The number of nitrogens with two attached hydrogens (primary N) is 1. The zero-order chi connectivity index (χ0) is 14.9. The van der Waals surface area contributed by atoms with E-state index < -0.39 is 18.2 Å². The summed E-state index contributed by atoms with van der Waals surface area (Å²) in [5.41, 5.74) is 6.43. The van der Waals surface area contributed by atoms with Crippen LogP contribution in [0.5, 0.6) is 0 Å². The highest BCUT2D eigenvalue weighted by Crippen LogP contribution is 2.45. The van der Waals surface area contributed by atoms with E-state index in [1.807, 2.05) is 11.2 Å². The number of aliphatic hydroxyl groups excluding tert-OH is 2. The van der Waals surface area contributed by atoms with Crippen LogP contribution in [0, 0.1) is 0 Å². The normalized spacial score (nSPS) is 22.3. The van der Waals surface area contributed by atoms with Gasteiger partial charge >= 0.3 is 5.97 Å². The summed E-state index contributed by atoms with van der Waals surface area (Å²) in [6, 6.07) is 0. The third kappa shape index (κ3) is 2.73. The highest BCUT2D eigenvalue weighted by atomic mass is 32.2. The Morgan fingerprint density at radius 3 is 2.60 bits per heavy atom. The van der Waals surface area contributed by atoms with E-state index >= 15 is 0 Å². The third-order valence-corrected chi connectivity index (χ3v) is 5.29. The van der Waals surface area contributed by atoms with Crippen molar-refractivity contribution >= 4 is 39.8 Å². The maximum atomic E-state index is 11.9. The van der Waals surface area contributed by atoms with Gasteiger partial charge in [-0.15, -0.1) is 23.1 Å². The number of thioether (sulfide) groups is 1. The van der Waals surface area contributed by atoms with Gasteiger partial charge in [-0.2, -0.15) is 0 Å². The van der Waals surface area contributed by atoms with Crippen LogP contribution in [0.25, 0.3) is 0 Å². The first-order valence-electron chi connectivity index (χ1n) is 6.24. The number of esters is 1. The molecule has 6 nitrogen and oxygen atoms in total. The SMILES string of the molecule is CCOC(=O)c1sc(N2CC(O)C(O)C2)c(SC)c1N. The van der Waals surface area contributed by atoms with Crippen LogP contribution in [0.2, 0.25) is 0 Å². The van der Waals surface area contributed by atoms with Crippen molar-refractivity contribution in [1.29, 1.82) is 0 Å². The van der Waals surface area contributed by atoms with Gasteiger partial charge in [-0.05, 0) is 13.2 Å². The van der Waals surface area contributed by atoms with Crippen molar-refractivity contribution in [2.24, 2.45) is 0 Å². The Hall–Kier alpha value is -0.960. The molecule has 1 aliphatic rings.